The standard InChI is InChI=1S/C10H13FOS/c1-2-13-9-5-3-8(4-6-9)10(11)7-12/h3-6,10,12H,2,7H2,1H3. The van der Waals surface area contributed by atoms with Gasteiger partial charge in [-0.05, 0) is 23.4 Å². The molecule has 0 spiro atoms. The maximum absolute atomic E-state index is 12.9. The zero-order chi connectivity index (χ0) is 9.68. The first-order chi connectivity index (χ1) is 6.27. The average molecular weight is 200 g/mol. The molecule has 0 radical (unpaired) electrons. The Labute approximate surface area is 82.0 Å². The largest absolute Gasteiger partial charge is 0.393 e. The van der Waals surface area contributed by atoms with Gasteiger partial charge in [-0.3, -0.25) is 0 Å². The number of benzene rings is 1. The van der Waals surface area contributed by atoms with Crippen LogP contribution in [0, 0.1) is 0 Å². The molecule has 1 atom stereocenters. The summed E-state index contributed by atoms with van der Waals surface area (Å²) in [6, 6.07) is 7.20. The smallest absolute Gasteiger partial charge is 0.148 e. The van der Waals surface area contributed by atoms with E-state index in [-0.39, 0.29) is 0 Å². The van der Waals surface area contributed by atoms with Gasteiger partial charge in [-0.1, -0.05) is 19.1 Å². The fourth-order valence-electron chi connectivity index (χ4n) is 1.04. The zero-order valence-corrected chi connectivity index (χ0v) is 8.35. The summed E-state index contributed by atoms with van der Waals surface area (Å²) in [7, 11) is 0. The second-order valence-corrected chi connectivity index (χ2v) is 3.99. The van der Waals surface area contributed by atoms with Crippen LogP contribution in [0.15, 0.2) is 29.2 Å². The first-order valence-electron chi connectivity index (χ1n) is 4.25. The van der Waals surface area contributed by atoms with Crippen molar-refractivity contribution in [2.24, 2.45) is 0 Å². The van der Waals surface area contributed by atoms with Crippen LogP contribution in [0.3, 0.4) is 0 Å². The average Bonchev–Trinajstić information content (AvgIpc) is 2.18. The molecular formula is C10H13FOS. The van der Waals surface area contributed by atoms with E-state index in [4.69, 9.17) is 5.11 Å². The highest BCUT2D eigenvalue weighted by Gasteiger charge is 2.06. The molecule has 1 nitrogen and oxygen atoms in total. The molecule has 0 aliphatic carbocycles. The van der Waals surface area contributed by atoms with E-state index in [0.29, 0.717) is 5.56 Å². The quantitative estimate of drug-likeness (QED) is 0.754. The lowest BCUT2D eigenvalue weighted by atomic mass is 10.1. The molecular weight excluding hydrogens is 187 g/mol. The van der Waals surface area contributed by atoms with Gasteiger partial charge in [0.2, 0.25) is 0 Å². The Balaban J connectivity index is 2.69. The van der Waals surface area contributed by atoms with Crippen molar-refractivity contribution in [1.29, 1.82) is 0 Å². The van der Waals surface area contributed by atoms with Crippen molar-refractivity contribution in [3.05, 3.63) is 29.8 Å². The summed E-state index contributed by atoms with van der Waals surface area (Å²) in [5.74, 6) is 1.01. The molecule has 1 aromatic rings. The highest BCUT2D eigenvalue weighted by atomic mass is 32.2. The number of thioether (sulfide) groups is 1. The third-order valence-corrected chi connectivity index (χ3v) is 2.61. The van der Waals surface area contributed by atoms with Crippen molar-refractivity contribution in [3.63, 3.8) is 0 Å². The highest BCUT2D eigenvalue weighted by Crippen LogP contribution is 2.22. The van der Waals surface area contributed by atoms with Crippen LogP contribution in [0.25, 0.3) is 0 Å². The maximum Gasteiger partial charge on any atom is 0.148 e. The zero-order valence-electron chi connectivity index (χ0n) is 7.53. The summed E-state index contributed by atoms with van der Waals surface area (Å²) in [5.41, 5.74) is 0.544. The van der Waals surface area contributed by atoms with E-state index in [1.165, 1.54) is 0 Å². The van der Waals surface area contributed by atoms with E-state index in [1.807, 2.05) is 12.1 Å². The van der Waals surface area contributed by atoms with Crippen molar-refractivity contribution < 1.29 is 9.50 Å². The van der Waals surface area contributed by atoms with Crippen LogP contribution in [0.2, 0.25) is 0 Å². The Morgan fingerprint density at radius 2 is 2.00 bits per heavy atom. The molecule has 72 valence electrons. The number of aliphatic hydroxyl groups is 1. The molecule has 0 aliphatic rings. The first kappa shape index (κ1) is 10.5. The van der Waals surface area contributed by atoms with E-state index < -0.39 is 12.8 Å². The second kappa shape index (κ2) is 5.25. The van der Waals surface area contributed by atoms with Crippen molar-refractivity contribution in [2.45, 2.75) is 18.0 Å². The lowest BCUT2D eigenvalue weighted by molar-refractivity contribution is 0.180. The van der Waals surface area contributed by atoms with E-state index in [2.05, 4.69) is 6.92 Å². The minimum absolute atomic E-state index is 0.444. The molecule has 0 saturated carbocycles. The number of hydrogen-bond donors (Lipinski definition) is 1. The fraction of sp³-hybridized carbons (Fsp3) is 0.400. The van der Waals surface area contributed by atoms with E-state index >= 15 is 0 Å². The topological polar surface area (TPSA) is 20.2 Å². The minimum Gasteiger partial charge on any atom is -0.393 e. The third-order valence-electron chi connectivity index (χ3n) is 1.71. The van der Waals surface area contributed by atoms with Crippen LogP contribution in [0.4, 0.5) is 4.39 Å². The van der Waals surface area contributed by atoms with Gasteiger partial charge in [-0.25, -0.2) is 4.39 Å². The van der Waals surface area contributed by atoms with Gasteiger partial charge in [0.05, 0.1) is 6.61 Å². The lowest BCUT2D eigenvalue weighted by Gasteiger charge is -2.05. The van der Waals surface area contributed by atoms with Gasteiger partial charge in [0.1, 0.15) is 6.17 Å². The summed E-state index contributed by atoms with van der Waals surface area (Å²) >= 11 is 1.72. The van der Waals surface area contributed by atoms with Crippen molar-refractivity contribution >= 4 is 11.8 Å². The van der Waals surface area contributed by atoms with Gasteiger partial charge in [-0.15, -0.1) is 11.8 Å². The van der Waals surface area contributed by atoms with Crippen LogP contribution < -0.4 is 0 Å². The molecule has 1 rings (SSSR count). The first-order valence-corrected chi connectivity index (χ1v) is 5.24. The number of hydrogen-bond acceptors (Lipinski definition) is 2. The van der Waals surface area contributed by atoms with E-state index in [1.54, 1.807) is 23.9 Å². The number of aliphatic hydroxyl groups excluding tert-OH is 1. The van der Waals surface area contributed by atoms with Crippen molar-refractivity contribution in [1.82, 2.24) is 0 Å². The fourth-order valence-corrected chi connectivity index (χ4v) is 1.71. The molecule has 3 heteroatoms. The SMILES string of the molecule is CCSc1ccc(C(F)CO)cc1. The lowest BCUT2D eigenvalue weighted by Crippen LogP contribution is -1.96. The van der Waals surface area contributed by atoms with Crippen molar-refractivity contribution in [2.75, 3.05) is 12.4 Å². The summed E-state index contributed by atoms with van der Waals surface area (Å²) in [6.07, 6.45) is -1.25. The predicted molar refractivity (Wildman–Crippen MR) is 53.8 cm³/mol. The van der Waals surface area contributed by atoms with Gasteiger partial charge in [0.25, 0.3) is 0 Å². The molecule has 0 amide bonds. The van der Waals surface area contributed by atoms with Crippen LogP contribution >= 0.6 is 11.8 Å². The van der Waals surface area contributed by atoms with Crippen LogP contribution in [0.5, 0.6) is 0 Å². The van der Waals surface area contributed by atoms with Crippen molar-refractivity contribution in [3.8, 4) is 0 Å². The monoisotopic (exact) mass is 200 g/mol. The normalized spacial score (nSPS) is 12.8. The van der Waals surface area contributed by atoms with Gasteiger partial charge < -0.3 is 5.11 Å². The molecule has 0 aliphatic heterocycles. The Morgan fingerprint density at radius 3 is 2.46 bits per heavy atom. The van der Waals surface area contributed by atoms with E-state index in [9.17, 15) is 4.39 Å². The van der Waals surface area contributed by atoms with E-state index in [0.717, 1.165) is 10.6 Å². The Bertz CT molecular complexity index is 248. The molecule has 0 fully saturated rings. The molecule has 0 heterocycles. The molecule has 1 aromatic carbocycles. The number of rotatable bonds is 4. The Morgan fingerprint density at radius 1 is 1.38 bits per heavy atom. The van der Waals surface area contributed by atoms with Crippen LogP contribution in [-0.4, -0.2) is 17.5 Å². The molecule has 0 saturated heterocycles. The molecule has 13 heavy (non-hydrogen) atoms. The Hall–Kier alpha value is -0.540. The third kappa shape index (κ3) is 3.01. The van der Waals surface area contributed by atoms with Gasteiger partial charge in [-0.2, -0.15) is 0 Å². The van der Waals surface area contributed by atoms with Crippen LogP contribution in [0.1, 0.15) is 18.7 Å². The van der Waals surface area contributed by atoms with Gasteiger partial charge >= 0.3 is 0 Å². The molecule has 0 bridgehead atoms. The summed E-state index contributed by atoms with van der Waals surface area (Å²) in [4.78, 5) is 1.14. The second-order valence-electron chi connectivity index (χ2n) is 2.65. The molecule has 1 unspecified atom stereocenters. The highest BCUT2D eigenvalue weighted by molar-refractivity contribution is 7.99. The van der Waals surface area contributed by atoms with Gasteiger partial charge in [0, 0.05) is 4.90 Å². The summed E-state index contributed by atoms with van der Waals surface area (Å²) in [6.45, 7) is 1.63. The number of halogens is 1. The molecule has 1 N–H and O–H groups in total. The van der Waals surface area contributed by atoms with Gasteiger partial charge in [0.15, 0.2) is 0 Å². The summed E-state index contributed by atoms with van der Waals surface area (Å²) < 4.78 is 12.9. The Kier molecular flexibility index (Phi) is 4.25. The maximum atomic E-state index is 12.9. The predicted octanol–water partition coefficient (Wildman–Crippen LogP) is 2.80. The molecule has 0 aromatic heterocycles. The van der Waals surface area contributed by atoms with Crippen LogP contribution in [-0.2, 0) is 0 Å². The number of alkyl halides is 1. The minimum atomic E-state index is -1.25. The summed E-state index contributed by atoms with van der Waals surface area (Å²) in [5, 5.41) is 8.58.